The van der Waals surface area contributed by atoms with Crippen LogP contribution in [0.5, 0.6) is 0 Å². The summed E-state index contributed by atoms with van der Waals surface area (Å²) in [5.41, 5.74) is 1.24. The predicted molar refractivity (Wildman–Crippen MR) is 95.1 cm³/mol. The van der Waals surface area contributed by atoms with Gasteiger partial charge in [-0.3, -0.25) is 4.79 Å². The zero-order chi connectivity index (χ0) is 16.8. The highest BCUT2D eigenvalue weighted by molar-refractivity contribution is 6.29. The van der Waals surface area contributed by atoms with Crippen LogP contribution in [0.25, 0.3) is 0 Å². The summed E-state index contributed by atoms with van der Waals surface area (Å²) < 4.78 is 0. The molecule has 1 saturated heterocycles. The van der Waals surface area contributed by atoms with Gasteiger partial charge in [0.15, 0.2) is 11.0 Å². The van der Waals surface area contributed by atoms with Crippen molar-refractivity contribution in [3.63, 3.8) is 0 Å². The number of aromatic nitrogens is 2. The van der Waals surface area contributed by atoms with Gasteiger partial charge in [-0.05, 0) is 37.0 Å². The van der Waals surface area contributed by atoms with Crippen LogP contribution in [0.2, 0.25) is 5.15 Å². The van der Waals surface area contributed by atoms with Gasteiger partial charge in [-0.2, -0.15) is 0 Å². The molecule has 0 radical (unpaired) electrons. The number of hydrogen-bond donors (Lipinski definition) is 1. The van der Waals surface area contributed by atoms with Crippen molar-refractivity contribution in [2.24, 2.45) is 5.92 Å². The molecular formula is C18H21ClN4O. The van der Waals surface area contributed by atoms with E-state index in [9.17, 15) is 4.79 Å². The molecule has 0 unspecified atom stereocenters. The maximum atomic E-state index is 12.4. The Bertz CT molecular complexity index is 662. The van der Waals surface area contributed by atoms with E-state index < -0.39 is 0 Å². The van der Waals surface area contributed by atoms with E-state index in [1.54, 1.807) is 6.07 Å². The lowest BCUT2D eigenvalue weighted by Gasteiger charge is -2.32. The van der Waals surface area contributed by atoms with Crippen LogP contribution in [-0.2, 0) is 11.2 Å². The first-order valence-electron chi connectivity index (χ1n) is 8.28. The maximum absolute atomic E-state index is 12.4. The van der Waals surface area contributed by atoms with Gasteiger partial charge in [-0.25, -0.2) is 0 Å². The zero-order valence-corrected chi connectivity index (χ0v) is 14.2. The predicted octanol–water partition coefficient (Wildman–Crippen LogP) is 2.71. The molecule has 2 heterocycles. The number of benzene rings is 1. The fourth-order valence-corrected chi connectivity index (χ4v) is 3.10. The lowest BCUT2D eigenvalue weighted by molar-refractivity contribution is -0.125. The van der Waals surface area contributed by atoms with E-state index in [0.29, 0.717) is 18.2 Å². The monoisotopic (exact) mass is 344 g/mol. The second kappa shape index (κ2) is 8.11. The topological polar surface area (TPSA) is 58.1 Å². The molecule has 5 nitrogen and oxygen atoms in total. The molecule has 2 aromatic rings. The fourth-order valence-electron chi connectivity index (χ4n) is 3.00. The number of nitrogens with one attached hydrogen (secondary N) is 1. The number of hydrogen-bond acceptors (Lipinski definition) is 4. The number of piperidine rings is 1. The number of amides is 1. The molecule has 0 saturated carbocycles. The average molecular weight is 345 g/mol. The minimum Gasteiger partial charge on any atom is -0.355 e. The molecule has 1 atom stereocenters. The van der Waals surface area contributed by atoms with Gasteiger partial charge in [0.25, 0.3) is 0 Å². The second-order valence-corrected chi connectivity index (χ2v) is 6.41. The smallest absolute Gasteiger partial charge is 0.224 e. The Morgan fingerprint density at radius 2 is 2.04 bits per heavy atom. The average Bonchev–Trinajstić information content (AvgIpc) is 2.63. The molecule has 0 spiro atoms. The van der Waals surface area contributed by atoms with Gasteiger partial charge in [0.05, 0.1) is 5.92 Å². The van der Waals surface area contributed by atoms with Crippen LogP contribution >= 0.6 is 11.6 Å². The summed E-state index contributed by atoms with van der Waals surface area (Å²) in [5.74, 6) is 0.894. The Labute approximate surface area is 147 Å². The quantitative estimate of drug-likeness (QED) is 0.906. The minimum atomic E-state index is -0.00741. The molecule has 3 rings (SSSR count). The van der Waals surface area contributed by atoms with Crippen molar-refractivity contribution in [1.82, 2.24) is 15.5 Å². The van der Waals surface area contributed by atoms with Crippen molar-refractivity contribution in [1.29, 1.82) is 0 Å². The third-order valence-corrected chi connectivity index (χ3v) is 4.49. The van der Waals surface area contributed by atoms with Gasteiger partial charge in [0.2, 0.25) is 5.91 Å². The lowest BCUT2D eigenvalue weighted by Crippen LogP contribution is -2.43. The molecule has 1 aliphatic heterocycles. The minimum absolute atomic E-state index is 0.00741. The van der Waals surface area contributed by atoms with Crippen molar-refractivity contribution >= 4 is 23.3 Å². The Balaban J connectivity index is 1.50. The number of rotatable bonds is 5. The van der Waals surface area contributed by atoms with E-state index in [-0.39, 0.29) is 11.8 Å². The van der Waals surface area contributed by atoms with Crippen LogP contribution in [0.15, 0.2) is 42.5 Å². The molecular weight excluding hydrogens is 324 g/mol. The van der Waals surface area contributed by atoms with E-state index in [1.165, 1.54) is 5.56 Å². The maximum Gasteiger partial charge on any atom is 0.224 e. The van der Waals surface area contributed by atoms with Crippen LogP contribution in [-0.4, -0.2) is 35.7 Å². The highest BCUT2D eigenvalue weighted by Crippen LogP contribution is 2.21. The Hall–Kier alpha value is -2.14. The van der Waals surface area contributed by atoms with E-state index in [1.807, 2.05) is 24.3 Å². The van der Waals surface area contributed by atoms with Gasteiger partial charge in [-0.15, -0.1) is 10.2 Å². The normalized spacial score (nSPS) is 17.5. The van der Waals surface area contributed by atoms with E-state index in [2.05, 4.69) is 32.5 Å². The first-order chi connectivity index (χ1) is 11.7. The largest absolute Gasteiger partial charge is 0.355 e. The van der Waals surface area contributed by atoms with E-state index in [0.717, 1.165) is 31.6 Å². The molecule has 24 heavy (non-hydrogen) atoms. The number of anilines is 1. The van der Waals surface area contributed by atoms with Gasteiger partial charge >= 0.3 is 0 Å². The number of carbonyl (C=O) groups is 1. The summed E-state index contributed by atoms with van der Waals surface area (Å²) in [6.07, 6.45) is 2.74. The van der Waals surface area contributed by atoms with E-state index in [4.69, 9.17) is 11.6 Å². The highest BCUT2D eigenvalue weighted by Gasteiger charge is 2.26. The number of nitrogens with zero attached hydrogens (tertiary/aromatic N) is 3. The van der Waals surface area contributed by atoms with Gasteiger partial charge in [0.1, 0.15) is 0 Å². The number of carbonyl (C=O) groups excluding carboxylic acids is 1. The van der Waals surface area contributed by atoms with E-state index >= 15 is 0 Å². The summed E-state index contributed by atoms with van der Waals surface area (Å²) in [4.78, 5) is 14.5. The van der Waals surface area contributed by atoms with Crippen molar-refractivity contribution in [3.05, 3.63) is 53.2 Å². The first-order valence-corrected chi connectivity index (χ1v) is 8.66. The SMILES string of the molecule is O=C(NCCc1ccccc1)[C@@H]1CCCN(c2ccc(Cl)nn2)C1. The fraction of sp³-hybridized carbons (Fsp3) is 0.389. The standard InChI is InChI=1S/C18H21ClN4O/c19-16-8-9-17(22-21-16)23-12-4-7-15(13-23)18(24)20-11-10-14-5-2-1-3-6-14/h1-3,5-6,8-9,15H,4,7,10-13H2,(H,20,24)/t15-/m1/s1. The first kappa shape index (κ1) is 16.7. The second-order valence-electron chi connectivity index (χ2n) is 6.03. The Kier molecular flexibility index (Phi) is 5.64. The van der Waals surface area contributed by atoms with Crippen LogP contribution < -0.4 is 10.2 Å². The van der Waals surface area contributed by atoms with Gasteiger partial charge in [-0.1, -0.05) is 41.9 Å². The van der Waals surface area contributed by atoms with Crippen LogP contribution in [0.3, 0.4) is 0 Å². The molecule has 1 N–H and O–H groups in total. The zero-order valence-electron chi connectivity index (χ0n) is 13.5. The molecule has 6 heteroatoms. The van der Waals surface area contributed by atoms with Crippen molar-refractivity contribution in [3.8, 4) is 0 Å². The van der Waals surface area contributed by atoms with Crippen LogP contribution in [0.1, 0.15) is 18.4 Å². The third kappa shape index (κ3) is 4.45. The van der Waals surface area contributed by atoms with Crippen molar-refractivity contribution < 1.29 is 4.79 Å². The summed E-state index contributed by atoms with van der Waals surface area (Å²) in [7, 11) is 0. The summed E-state index contributed by atoms with van der Waals surface area (Å²) in [5, 5.41) is 11.4. The molecule has 1 aliphatic rings. The Morgan fingerprint density at radius 3 is 2.79 bits per heavy atom. The lowest BCUT2D eigenvalue weighted by atomic mass is 9.97. The highest BCUT2D eigenvalue weighted by atomic mass is 35.5. The summed E-state index contributed by atoms with van der Waals surface area (Å²) >= 11 is 5.78. The van der Waals surface area contributed by atoms with Crippen molar-refractivity contribution in [2.45, 2.75) is 19.3 Å². The molecule has 1 fully saturated rings. The Morgan fingerprint density at radius 1 is 1.21 bits per heavy atom. The third-order valence-electron chi connectivity index (χ3n) is 4.29. The summed E-state index contributed by atoms with van der Waals surface area (Å²) in [6, 6.07) is 13.8. The molecule has 1 amide bonds. The molecule has 1 aromatic carbocycles. The molecule has 0 bridgehead atoms. The molecule has 0 aliphatic carbocycles. The van der Waals surface area contributed by atoms with Gasteiger partial charge < -0.3 is 10.2 Å². The number of halogens is 1. The van der Waals surface area contributed by atoms with Crippen molar-refractivity contribution in [2.75, 3.05) is 24.5 Å². The van der Waals surface area contributed by atoms with Gasteiger partial charge in [0, 0.05) is 19.6 Å². The van der Waals surface area contributed by atoms with Crippen LogP contribution in [0.4, 0.5) is 5.82 Å². The molecule has 126 valence electrons. The summed E-state index contributed by atoms with van der Waals surface area (Å²) in [6.45, 7) is 2.23. The van der Waals surface area contributed by atoms with Crippen LogP contribution in [0, 0.1) is 5.92 Å². The molecule has 1 aromatic heterocycles.